The van der Waals surface area contributed by atoms with Gasteiger partial charge < -0.3 is 28.8 Å². The number of unbranched alkanes of at least 4 members (excludes halogenated alkanes) is 34. The first kappa shape index (κ1) is 57.5. The first-order valence-electron chi connectivity index (χ1n) is 25.4. The Labute approximate surface area is 361 Å². The minimum atomic E-state index is -4.56. The van der Waals surface area contributed by atoms with Crippen LogP contribution in [-0.4, -0.2) is 68.5 Å². The predicted octanol–water partition coefficient (Wildman–Crippen LogP) is 13.9. The summed E-state index contributed by atoms with van der Waals surface area (Å²) in [7, 11) is 1.32. The molecule has 348 valence electrons. The van der Waals surface area contributed by atoms with E-state index in [2.05, 4.69) is 19.2 Å². The predicted molar refractivity (Wildman–Crippen MR) is 247 cm³/mol. The number of phosphoric ester groups is 1. The van der Waals surface area contributed by atoms with Crippen LogP contribution in [0.4, 0.5) is 0 Å². The number of hydrogen-bond donors (Lipinski definition) is 2. The second kappa shape index (κ2) is 41.8. The monoisotopic (exact) mass is 845 g/mol. The lowest BCUT2D eigenvalue weighted by molar-refractivity contribution is -0.870. The Bertz CT molecular complexity index is 916. The molecule has 0 rings (SSSR count). The number of nitrogens with one attached hydrogen (secondary N) is 1. The van der Waals surface area contributed by atoms with Crippen molar-refractivity contribution in [2.24, 2.45) is 0 Å². The van der Waals surface area contributed by atoms with Gasteiger partial charge in [-0.3, -0.25) is 9.36 Å². The van der Waals surface area contributed by atoms with E-state index >= 15 is 0 Å². The number of nitrogens with zero attached hydrogens (tertiary/aromatic N) is 1. The molecule has 0 spiro atoms. The third-order valence-electron chi connectivity index (χ3n) is 11.8. The van der Waals surface area contributed by atoms with E-state index in [1.54, 1.807) is 0 Å². The molecule has 9 heteroatoms. The number of hydrogen-bond acceptors (Lipinski definition) is 6. The van der Waals surface area contributed by atoms with Gasteiger partial charge in [0.2, 0.25) is 5.91 Å². The van der Waals surface area contributed by atoms with E-state index in [0.29, 0.717) is 23.9 Å². The zero-order chi connectivity index (χ0) is 42.8. The molecule has 0 aromatic heterocycles. The molecule has 0 aliphatic rings. The molecular formula is C49H101N2O6P. The molecule has 0 saturated heterocycles. The van der Waals surface area contributed by atoms with Gasteiger partial charge in [-0.2, -0.15) is 0 Å². The number of aliphatic hydroxyl groups is 1. The van der Waals surface area contributed by atoms with Crippen LogP contribution in [0.5, 0.6) is 0 Å². The summed E-state index contributed by atoms with van der Waals surface area (Å²) in [6, 6.07) is -0.793. The van der Waals surface area contributed by atoms with Gasteiger partial charge in [-0.1, -0.05) is 239 Å². The Hall–Kier alpha value is -0.500. The Balaban J connectivity index is 4.23. The highest BCUT2D eigenvalue weighted by Gasteiger charge is 2.24. The van der Waals surface area contributed by atoms with Crippen LogP contribution >= 0.6 is 7.82 Å². The molecule has 0 fully saturated rings. The number of quaternary nitrogens is 1. The molecule has 8 nitrogen and oxygen atoms in total. The van der Waals surface area contributed by atoms with Crippen molar-refractivity contribution in [1.82, 2.24) is 5.32 Å². The van der Waals surface area contributed by atoms with Crippen LogP contribution in [0, 0.1) is 0 Å². The molecule has 58 heavy (non-hydrogen) atoms. The summed E-state index contributed by atoms with van der Waals surface area (Å²) in [5.74, 6) is -0.159. The molecule has 0 radical (unpaired) electrons. The number of rotatable bonds is 47. The molecule has 2 N–H and O–H groups in total. The molecule has 0 aliphatic carbocycles. The van der Waals surface area contributed by atoms with E-state index in [-0.39, 0.29) is 19.1 Å². The van der Waals surface area contributed by atoms with Gasteiger partial charge in [-0.25, -0.2) is 0 Å². The summed E-state index contributed by atoms with van der Waals surface area (Å²) in [6.45, 7) is 4.76. The first-order valence-corrected chi connectivity index (χ1v) is 26.8. The molecule has 0 aliphatic heterocycles. The van der Waals surface area contributed by atoms with Crippen molar-refractivity contribution in [2.75, 3.05) is 40.9 Å². The molecule has 0 aromatic carbocycles. The van der Waals surface area contributed by atoms with Gasteiger partial charge in [0.05, 0.1) is 39.9 Å². The number of phosphoric acid groups is 1. The fourth-order valence-corrected chi connectivity index (χ4v) is 8.53. The molecule has 0 bridgehead atoms. The second-order valence-corrected chi connectivity index (χ2v) is 20.3. The normalized spacial score (nSPS) is 14.1. The number of carbonyl (C=O) groups excluding carboxylic acids is 1. The summed E-state index contributed by atoms with van der Waals surface area (Å²) in [5, 5.41) is 14.0. The lowest BCUT2D eigenvalue weighted by Gasteiger charge is -2.30. The van der Waals surface area contributed by atoms with E-state index in [1.807, 2.05) is 21.1 Å². The van der Waals surface area contributed by atoms with E-state index < -0.39 is 20.0 Å². The van der Waals surface area contributed by atoms with Crippen LogP contribution in [0.15, 0.2) is 0 Å². The summed E-state index contributed by atoms with van der Waals surface area (Å²) in [4.78, 5) is 25.4. The van der Waals surface area contributed by atoms with Crippen LogP contribution in [0.3, 0.4) is 0 Å². The summed E-state index contributed by atoms with van der Waals surface area (Å²) < 4.78 is 23.3. The molecule has 3 unspecified atom stereocenters. The third-order valence-corrected chi connectivity index (χ3v) is 12.8. The minimum Gasteiger partial charge on any atom is -0.756 e. The Morgan fingerprint density at radius 1 is 0.534 bits per heavy atom. The lowest BCUT2D eigenvalue weighted by atomic mass is 10.0. The van der Waals surface area contributed by atoms with Gasteiger partial charge in [0.15, 0.2) is 0 Å². The van der Waals surface area contributed by atoms with Gasteiger partial charge in [0, 0.05) is 6.42 Å². The zero-order valence-corrected chi connectivity index (χ0v) is 40.4. The van der Waals surface area contributed by atoms with Gasteiger partial charge in [0.25, 0.3) is 7.82 Å². The van der Waals surface area contributed by atoms with Crippen molar-refractivity contribution in [3.8, 4) is 0 Å². The molecule has 0 saturated carbocycles. The average molecular weight is 845 g/mol. The maximum absolute atomic E-state index is 12.9. The maximum atomic E-state index is 12.9. The van der Waals surface area contributed by atoms with Crippen LogP contribution in [0.1, 0.15) is 258 Å². The smallest absolute Gasteiger partial charge is 0.268 e. The van der Waals surface area contributed by atoms with Crippen molar-refractivity contribution >= 4 is 13.7 Å². The van der Waals surface area contributed by atoms with Crippen molar-refractivity contribution < 1.29 is 32.9 Å². The number of likely N-dealkylation sites (N-methyl/N-ethyl adjacent to an activating group) is 1. The average Bonchev–Trinajstić information content (AvgIpc) is 3.17. The van der Waals surface area contributed by atoms with E-state index in [0.717, 1.165) is 38.5 Å². The SMILES string of the molecule is CCCCCCCCCCCCCCCCCCCCCC(=O)NC(COP(=O)([O-])OCC[N+](C)(C)C)C(O)CCCCCCCCCCCCCCCCCCC. The Morgan fingerprint density at radius 3 is 1.17 bits per heavy atom. The van der Waals surface area contributed by atoms with Crippen LogP contribution in [0.2, 0.25) is 0 Å². The van der Waals surface area contributed by atoms with E-state index in [4.69, 9.17) is 9.05 Å². The molecule has 0 heterocycles. The summed E-state index contributed by atoms with van der Waals surface area (Å²) in [6.07, 6.45) is 46.8. The largest absolute Gasteiger partial charge is 0.756 e. The van der Waals surface area contributed by atoms with E-state index in [9.17, 15) is 19.4 Å². The van der Waals surface area contributed by atoms with Crippen LogP contribution in [0.25, 0.3) is 0 Å². The number of carbonyl (C=O) groups is 1. The lowest BCUT2D eigenvalue weighted by Crippen LogP contribution is -2.46. The Kier molecular flexibility index (Phi) is 41.5. The zero-order valence-electron chi connectivity index (χ0n) is 39.5. The highest BCUT2D eigenvalue weighted by Crippen LogP contribution is 2.38. The molecule has 0 aromatic rings. The van der Waals surface area contributed by atoms with Crippen molar-refractivity contribution in [3.05, 3.63) is 0 Å². The molecular weight excluding hydrogens is 744 g/mol. The quantitative estimate of drug-likeness (QED) is 0.0359. The van der Waals surface area contributed by atoms with Crippen LogP contribution in [-0.2, 0) is 18.4 Å². The van der Waals surface area contributed by atoms with E-state index in [1.165, 1.54) is 193 Å². The topological polar surface area (TPSA) is 108 Å². The standard InChI is InChI=1S/C49H101N2O6P/c1-6-8-10-12-14-16-18-20-22-24-25-27-29-31-33-35-37-39-41-43-49(53)50-47(46-57-58(54,55)56-45-44-51(3,4)5)48(52)42-40-38-36-34-32-30-28-26-23-21-19-17-15-13-11-9-7-2/h47-48,52H,6-46H2,1-5H3,(H-,50,53,54,55). The number of amides is 1. The highest BCUT2D eigenvalue weighted by atomic mass is 31.2. The van der Waals surface area contributed by atoms with Crippen LogP contribution < -0.4 is 10.2 Å². The highest BCUT2D eigenvalue weighted by molar-refractivity contribution is 7.45. The fourth-order valence-electron chi connectivity index (χ4n) is 7.81. The Morgan fingerprint density at radius 2 is 0.845 bits per heavy atom. The molecule has 1 amide bonds. The second-order valence-electron chi connectivity index (χ2n) is 18.9. The summed E-state index contributed by atoms with van der Waals surface area (Å²) in [5.41, 5.74) is 0. The van der Waals surface area contributed by atoms with Gasteiger partial charge in [0.1, 0.15) is 13.2 Å². The van der Waals surface area contributed by atoms with Gasteiger partial charge >= 0.3 is 0 Å². The van der Waals surface area contributed by atoms with Crippen molar-refractivity contribution in [2.45, 2.75) is 270 Å². The van der Waals surface area contributed by atoms with Crippen molar-refractivity contribution in [1.29, 1.82) is 0 Å². The van der Waals surface area contributed by atoms with Gasteiger partial charge in [-0.05, 0) is 12.8 Å². The minimum absolute atomic E-state index is 0.0164. The maximum Gasteiger partial charge on any atom is 0.268 e. The fraction of sp³-hybridized carbons (Fsp3) is 0.980. The third kappa shape index (κ3) is 43.6. The molecule has 3 atom stereocenters. The number of aliphatic hydroxyl groups excluding tert-OH is 1. The first-order chi connectivity index (χ1) is 28.0. The summed E-state index contributed by atoms with van der Waals surface area (Å²) >= 11 is 0. The van der Waals surface area contributed by atoms with Gasteiger partial charge in [-0.15, -0.1) is 0 Å². The van der Waals surface area contributed by atoms with Crippen molar-refractivity contribution in [3.63, 3.8) is 0 Å².